The van der Waals surface area contributed by atoms with E-state index in [1.807, 2.05) is 6.07 Å². The van der Waals surface area contributed by atoms with Gasteiger partial charge in [0.1, 0.15) is 5.69 Å². The first-order chi connectivity index (χ1) is 13.3. The van der Waals surface area contributed by atoms with Gasteiger partial charge in [-0.25, -0.2) is 13.2 Å². The number of ether oxygens (including phenoxy) is 4. The van der Waals surface area contributed by atoms with E-state index in [0.29, 0.717) is 0 Å². The molecule has 0 aliphatic carbocycles. The highest BCUT2D eigenvalue weighted by Crippen LogP contribution is 2.46. The van der Waals surface area contributed by atoms with Gasteiger partial charge >= 0.3 is 5.97 Å². The van der Waals surface area contributed by atoms with E-state index in [2.05, 4.69) is 4.72 Å². The molecule has 0 unspecified atom stereocenters. The lowest BCUT2D eigenvalue weighted by molar-refractivity contribution is 0.0601. The highest BCUT2D eigenvalue weighted by atomic mass is 32.2. The van der Waals surface area contributed by atoms with Crippen molar-refractivity contribution in [2.75, 3.05) is 33.2 Å². The van der Waals surface area contributed by atoms with Crippen LogP contribution in [0.3, 0.4) is 0 Å². The topological polar surface area (TPSA) is 124 Å². The number of sulfonamides is 1. The van der Waals surface area contributed by atoms with Crippen LogP contribution in [0.4, 0.5) is 5.69 Å². The second-order valence-electron chi connectivity index (χ2n) is 5.30. The van der Waals surface area contributed by atoms with Gasteiger partial charge in [0.15, 0.2) is 11.5 Å². The molecule has 0 aliphatic heterocycles. The average Bonchev–Trinajstić information content (AvgIpc) is 2.72. The van der Waals surface area contributed by atoms with Gasteiger partial charge < -0.3 is 18.9 Å². The summed E-state index contributed by atoms with van der Waals surface area (Å²) in [6.45, 7) is 0. The molecule has 2 aromatic carbocycles. The Kier molecular flexibility index (Phi) is 6.33. The molecule has 1 N–H and O–H groups in total. The Morgan fingerprint density at radius 2 is 1.71 bits per heavy atom. The smallest absolute Gasteiger partial charge is 0.340 e. The number of hydrogen-bond acceptors (Lipinski definition) is 8. The van der Waals surface area contributed by atoms with E-state index >= 15 is 0 Å². The van der Waals surface area contributed by atoms with Crippen LogP contribution in [0.1, 0.15) is 15.9 Å². The Labute approximate surface area is 162 Å². The van der Waals surface area contributed by atoms with Crippen molar-refractivity contribution in [1.82, 2.24) is 0 Å². The minimum Gasteiger partial charge on any atom is -0.493 e. The van der Waals surface area contributed by atoms with E-state index < -0.39 is 16.0 Å². The third-order valence-electron chi connectivity index (χ3n) is 3.75. The van der Waals surface area contributed by atoms with E-state index in [1.54, 1.807) is 0 Å². The number of nitrogens with zero attached hydrogens (tertiary/aromatic N) is 1. The van der Waals surface area contributed by atoms with Crippen LogP contribution in [0.5, 0.6) is 17.2 Å². The molecule has 9 nitrogen and oxygen atoms in total. The van der Waals surface area contributed by atoms with Crippen molar-refractivity contribution in [3.05, 3.63) is 41.5 Å². The maximum absolute atomic E-state index is 12.9. The van der Waals surface area contributed by atoms with Crippen molar-refractivity contribution >= 4 is 21.7 Å². The van der Waals surface area contributed by atoms with E-state index in [4.69, 9.17) is 24.2 Å². The molecule has 0 saturated carbocycles. The van der Waals surface area contributed by atoms with Crippen LogP contribution in [0.25, 0.3) is 0 Å². The second-order valence-corrected chi connectivity index (χ2v) is 6.99. The van der Waals surface area contributed by atoms with Crippen molar-refractivity contribution < 1.29 is 32.2 Å². The highest BCUT2D eigenvalue weighted by Gasteiger charge is 2.28. The van der Waals surface area contributed by atoms with Crippen LogP contribution in [-0.4, -0.2) is 42.8 Å². The summed E-state index contributed by atoms with van der Waals surface area (Å²) in [5.74, 6) is -0.653. The fourth-order valence-corrected chi connectivity index (χ4v) is 3.58. The lowest BCUT2D eigenvalue weighted by Crippen LogP contribution is -2.18. The molecule has 0 atom stereocenters. The van der Waals surface area contributed by atoms with Crippen molar-refractivity contribution in [3.63, 3.8) is 0 Å². The van der Waals surface area contributed by atoms with Gasteiger partial charge in [-0.05, 0) is 18.2 Å². The van der Waals surface area contributed by atoms with Gasteiger partial charge in [-0.2, -0.15) is 5.26 Å². The zero-order valence-corrected chi connectivity index (χ0v) is 16.4. The molecule has 0 spiro atoms. The summed E-state index contributed by atoms with van der Waals surface area (Å²) in [6, 6.07) is 8.56. The van der Waals surface area contributed by atoms with Crippen molar-refractivity contribution in [2.24, 2.45) is 0 Å². The first-order valence-electron chi connectivity index (χ1n) is 7.77. The molecule has 0 aliphatic rings. The molecule has 0 amide bonds. The fraction of sp³-hybridized carbons (Fsp3) is 0.222. The molecule has 0 bridgehead atoms. The third kappa shape index (κ3) is 3.94. The summed E-state index contributed by atoms with van der Waals surface area (Å²) < 4.78 is 48.5. The maximum atomic E-state index is 12.9. The molecular formula is C18H18N2O7S. The Morgan fingerprint density at radius 1 is 1.04 bits per heavy atom. The summed E-state index contributed by atoms with van der Waals surface area (Å²) in [5.41, 5.74) is -0.165. The summed E-state index contributed by atoms with van der Waals surface area (Å²) in [5, 5.41) is 9.00. The first kappa shape index (κ1) is 20.9. The number of hydrogen-bond donors (Lipinski definition) is 1. The van der Waals surface area contributed by atoms with Crippen LogP contribution in [0, 0.1) is 11.3 Å². The Bertz CT molecular complexity index is 1040. The monoisotopic (exact) mass is 406 g/mol. The summed E-state index contributed by atoms with van der Waals surface area (Å²) in [7, 11) is 0.961. The Balaban J connectivity index is 2.72. The van der Waals surface area contributed by atoms with Gasteiger partial charge in [0.25, 0.3) is 10.0 Å². The molecule has 28 heavy (non-hydrogen) atoms. The summed E-state index contributed by atoms with van der Waals surface area (Å²) in [6.07, 6.45) is 0. The predicted octanol–water partition coefficient (Wildman–Crippen LogP) is 2.17. The molecule has 0 aromatic heterocycles. The van der Waals surface area contributed by atoms with Crippen LogP contribution < -0.4 is 18.9 Å². The first-order valence-corrected chi connectivity index (χ1v) is 9.25. The number of carbonyl (C=O) groups is 1. The number of carbonyl (C=O) groups excluding carboxylic acids is 1. The summed E-state index contributed by atoms with van der Waals surface area (Å²) >= 11 is 0. The van der Waals surface area contributed by atoms with Gasteiger partial charge in [-0.1, -0.05) is 6.07 Å². The van der Waals surface area contributed by atoms with Crippen LogP contribution in [0.2, 0.25) is 0 Å². The second kappa shape index (κ2) is 8.49. The molecule has 2 aromatic rings. The normalized spacial score (nSPS) is 10.5. The predicted molar refractivity (Wildman–Crippen MR) is 99.4 cm³/mol. The molecule has 0 radical (unpaired) electrons. The van der Waals surface area contributed by atoms with Gasteiger partial charge in [0.05, 0.1) is 50.5 Å². The standard InChI is InChI=1S/C18H18N2O7S/c1-24-14-9-13(18(21)27-4)15(17(26-3)16(14)25-2)20-28(22,23)12-7-5-6-11(8-12)10-19/h5-9,20H,1-4H3. The molecule has 2 rings (SSSR count). The van der Waals surface area contributed by atoms with Gasteiger partial charge in [-0.3, -0.25) is 4.72 Å². The quantitative estimate of drug-likeness (QED) is 0.694. The number of nitriles is 1. The molecular weight excluding hydrogens is 388 g/mol. The Hall–Kier alpha value is -3.45. The summed E-state index contributed by atoms with van der Waals surface area (Å²) in [4.78, 5) is 12.1. The molecule has 0 fully saturated rings. The molecule has 148 valence electrons. The van der Waals surface area contributed by atoms with Gasteiger partial charge in [0, 0.05) is 6.07 Å². The number of rotatable bonds is 7. The number of esters is 1. The van der Waals surface area contributed by atoms with E-state index in [1.165, 1.54) is 51.7 Å². The number of nitrogens with one attached hydrogen (secondary N) is 1. The van der Waals surface area contributed by atoms with Crippen molar-refractivity contribution in [2.45, 2.75) is 4.90 Å². The molecule has 0 saturated heterocycles. The zero-order valence-electron chi connectivity index (χ0n) is 15.6. The average molecular weight is 406 g/mol. The van der Waals surface area contributed by atoms with Crippen molar-refractivity contribution in [3.8, 4) is 23.3 Å². The minimum atomic E-state index is -4.17. The number of methoxy groups -OCH3 is 4. The van der Waals surface area contributed by atoms with Gasteiger partial charge in [0.2, 0.25) is 5.75 Å². The molecule has 10 heteroatoms. The highest BCUT2D eigenvalue weighted by molar-refractivity contribution is 7.92. The van der Waals surface area contributed by atoms with Crippen molar-refractivity contribution in [1.29, 1.82) is 5.26 Å². The minimum absolute atomic E-state index is 0.0673. The SMILES string of the molecule is COC(=O)c1cc(OC)c(OC)c(OC)c1NS(=O)(=O)c1cccc(C#N)c1. The lowest BCUT2D eigenvalue weighted by atomic mass is 10.1. The van der Waals surface area contributed by atoms with E-state index in [-0.39, 0.29) is 39.0 Å². The van der Waals surface area contributed by atoms with E-state index in [0.717, 1.165) is 7.11 Å². The maximum Gasteiger partial charge on any atom is 0.340 e. The number of benzene rings is 2. The fourth-order valence-electron chi connectivity index (χ4n) is 2.45. The van der Waals surface area contributed by atoms with Crippen LogP contribution in [-0.2, 0) is 14.8 Å². The Morgan fingerprint density at radius 3 is 2.25 bits per heavy atom. The van der Waals surface area contributed by atoms with E-state index in [9.17, 15) is 13.2 Å². The zero-order chi connectivity index (χ0) is 20.9. The van der Waals surface area contributed by atoms with Gasteiger partial charge in [-0.15, -0.1) is 0 Å². The van der Waals surface area contributed by atoms with Crippen LogP contribution in [0.15, 0.2) is 35.2 Å². The molecule has 0 heterocycles. The third-order valence-corrected chi connectivity index (χ3v) is 5.09. The largest absolute Gasteiger partial charge is 0.493 e. The number of anilines is 1. The lowest BCUT2D eigenvalue weighted by Gasteiger charge is -2.19. The van der Waals surface area contributed by atoms with Crippen LogP contribution >= 0.6 is 0 Å².